The van der Waals surface area contributed by atoms with E-state index in [-0.39, 0.29) is 11.5 Å². The molecule has 2 N–H and O–H groups in total. The zero-order valence-electron chi connectivity index (χ0n) is 11.7. The molecule has 1 heterocycles. The molecule has 0 spiro atoms. The second-order valence-electron chi connectivity index (χ2n) is 4.70. The van der Waals surface area contributed by atoms with Crippen LogP contribution in [0.3, 0.4) is 0 Å². The Balaban J connectivity index is 1.99. The molecule has 1 aliphatic heterocycles. The number of fused-ring (bicyclic) bond motifs is 1. The van der Waals surface area contributed by atoms with Crippen LogP contribution in [0.4, 0.5) is 11.4 Å². The Labute approximate surface area is 126 Å². The van der Waals surface area contributed by atoms with Crippen molar-refractivity contribution in [1.29, 1.82) is 0 Å². The first-order valence-electron chi connectivity index (χ1n) is 6.54. The number of anilines is 2. The third kappa shape index (κ3) is 2.31. The van der Waals surface area contributed by atoms with Crippen LogP contribution in [0.15, 0.2) is 42.5 Å². The van der Waals surface area contributed by atoms with Crippen LogP contribution in [0.25, 0.3) is 0 Å². The number of Topliss-reactive ketones (excluding diaryl/α,β-unsaturated/α-hetero) is 1. The standard InChI is InChI=1S/C16H12N2O4/c1-22-10-7-11-13(18-16(21)14(11)19)12(8-10)17-15(20)9-5-3-2-4-6-9/h2-8H,1H3,(H,17,20)(H,18,19,21). The van der Waals surface area contributed by atoms with Crippen LogP contribution < -0.4 is 15.4 Å². The summed E-state index contributed by atoms with van der Waals surface area (Å²) in [6.07, 6.45) is 0. The molecule has 0 aliphatic carbocycles. The number of amides is 2. The molecule has 2 amide bonds. The van der Waals surface area contributed by atoms with Crippen LogP contribution in [0, 0.1) is 0 Å². The predicted octanol–water partition coefficient (Wildman–Crippen LogP) is 2.08. The van der Waals surface area contributed by atoms with E-state index in [1.54, 1.807) is 36.4 Å². The van der Waals surface area contributed by atoms with Gasteiger partial charge in [-0.3, -0.25) is 14.4 Å². The van der Waals surface area contributed by atoms with Gasteiger partial charge in [-0.2, -0.15) is 0 Å². The van der Waals surface area contributed by atoms with Gasteiger partial charge < -0.3 is 15.4 Å². The van der Waals surface area contributed by atoms with Crippen molar-refractivity contribution in [2.45, 2.75) is 0 Å². The van der Waals surface area contributed by atoms with Gasteiger partial charge in [0, 0.05) is 11.6 Å². The fourth-order valence-electron chi connectivity index (χ4n) is 2.22. The van der Waals surface area contributed by atoms with Gasteiger partial charge in [-0.1, -0.05) is 18.2 Å². The molecule has 0 saturated heterocycles. The van der Waals surface area contributed by atoms with Crippen molar-refractivity contribution < 1.29 is 19.1 Å². The number of ketones is 1. The first-order valence-corrected chi connectivity index (χ1v) is 6.54. The minimum absolute atomic E-state index is 0.188. The van der Waals surface area contributed by atoms with E-state index in [0.29, 0.717) is 22.7 Å². The molecular weight excluding hydrogens is 284 g/mol. The smallest absolute Gasteiger partial charge is 0.296 e. The van der Waals surface area contributed by atoms with Crippen molar-refractivity contribution in [2.75, 3.05) is 17.7 Å². The monoisotopic (exact) mass is 296 g/mol. The number of benzene rings is 2. The Morgan fingerprint density at radius 3 is 2.55 bits per heavy atom. The average molecular weight is 296 g/mol. The maximum absolute atomic E-state index is 12.2. The summed E-state index contributed by atoms with van der Waals surface area (Å²) in [6, 6.07) is 11.6. The van der Waals surface area contributed by atoms with Crippen molar-refractivity contribution in [3.05, 3.63) is 53.6 Å². The molecule has 0 atom stereocenters. The summed E-state index contributed by atoms with van der Waals surface area (Å²) in [4.78, 5) is 35.5. The second kappa shape index (κ2) is 5.33. The lowest BCUT2D eigenvalue weighted by Gasteiger charge is -2.11. The van der Waals surface area contributed by atoms with E-state index in [0.717, 1.165) is 0 Å². The molecule has 1 aliphatic rings. The lowest BCUT2D eigenvalue weighted by atomic mass is 10.1. The van der Waals surface area contributed by atoms with Gasteiger partial charge in [-0.05, 0) is 18.2 Å². The van der Waals surface area contributed by atoms with E-state index in [1.807, 2.05) is 0 Å². The Morgan fingerprint density at radius 1 is 1.14 bits per heavy atom. The fraction of sp³-hybridized carbons (Fsp3) is 0.0625. The Bertz CT molecular complexity index is 784. The van der Waals surface area contributed by atoms with Crippen LogP contribution in [0.2, 0.25) is 0 Å². The zero-order chi connectivity index (χ0) is 15.7. The van der Waals surface area contributed by atoms with Gasteiger partial charge in [0.1, 0.15) is 5.75 Å². The van der Waals surface area contributed by atoms with Crippen LogP contribution >= 0.6 is 0 Å². The topological polar surface area (TPSA) is 84.5 Å². The third-order valence-corrected chi connectivity index (χ3v) is 3.32. The predicted molar refractivity (Wildman–Crippen MR) is 80.3 cm³/mol. The second-order valence-corrected chi connectivity index (χ2v) is 4.70. The van der Waals surface area contributed by atoms with Crippen molar-refractivity contribution in [3.63, 3.8) is 0 Å². The quantitative estimate of drug-likeness (QED) is 0.849. The number of methoxy groups -OCH3 is 1. The molecule has 3 rings (SSSR count). The van der Waals surface area contributed by atoms with Gasteiger partial charge >= 0.3 is 0 Å². The molecule has 0 fully saturated rings. The van der Waals surface area contributed by atoms with Crippen molar-refractivity contribution >= 4 is 29.0 Å². The summed E-state index contributed by atoms with van der Waals surface area (Å²) in [5.41, 5.74) is 1.27. The Morgan fingerprint density at radius 2 is 1.86 bits per heavy atom. The molecule has 0 aromatic heterocycles. The highest BCUT2D eigenvalue weighted by atomic mass is 16.5. The van der Waals surface area contributed by atoms with Gasteiger partial charge in [0.2, 0.25) is 0 Å². The molecule has 0 radical (unpaired) electrons. The van der Waals surface area contributed by atoms with E-state index in [2.05, 4.69) is 10.6 Å². The summed E-state index contributed by atoms with van der Waals surface area (Å²) in [5, 5.41) is 5.15. The van der Waals surface area contributed by atoms with Crippen molar-refractivity contribution in [1.82, 2.24) is 0 Å². The average Bonchev–Trinajstić information content (AvgIpc) is 2.83. The number of carbonyl (C=O) groups excluding carboxylic acids is 3. The molecule has 6 heteroatoms. The molecule has 2 aromatic carbocycles. The van der Waals surface area contributed by atoms with Gasteiger partial charge in [0.25, 0.3) is 17.6 Å². The van der Waals surface area contributed by atoms with E-state index >= 15 is 0 Å². The molecule has 0 unspecified atom stereocenters. The first kappa shape index (κ1) is 13.8. The molecule has 2 aromatic rings. The molecule has 22 heavy (non-hydrogen) atoms. The lowest BCUT2D eigenvalue weighted by molar-refractivity contribution is -0.112. The number of rotatable bonds is 3. The number of nitrogens with one attached hydrogen (secondary N) is 2. The first-order chi connectivity index (χ1) is 10.6. The highest BCUT2D eigenvalue weighted by Crippen LogP contribution is 2.35. The van der Waals surface area contributed by atoms with Crippen LogP contribution in [-0.2, 0) is 4.79 Å². The van der Waals surface area contributed by atoms with E-state index in [4.69, 9.17) is 4.74 Å². The molecule has 6 nitrogen and oxygen atoms in total. The van der Waals surface area contributed by atoms with E-state index in [9.17, 15) is 14.4 Å². The van der Waals surface area contributed by atoms with Crippen LogP contribution in [-0.4, -0.2) is 24.7 Å². The van der Waals surface area contributed by atoms with Crippen molar-refractivity contribution in [2.24, 2.45) is 0 Å². The SMILES string of the molecule is COc1cc(NC(=O)c2ccccc2)c2c(c1)C(=O)C(=O)N2. The minimum Gasteiger partial charge on any atom is -0.497 e. The fourth-order valence-corrected chi connectivity index (χ4v) is 2.22. The normalized spacial score (nSPS) is 12.6. The zero-order valence-corrected chi connectivity index (χ0v) is 11.7. The largest absolute Gasteiger partial charge is 0.497 e. The van der Waals surface area contributed by atoms with Crippen LogP contribution in [0.5, 0.6) is 5.75 Å². The molecular formula is C16H12N2O4. The van der Waals surface area contributed by atoms with E-state index in [1.165, 1.54) is 13.2 Å². The summed E-state index contributed by atoms with van der Waals surface area (Å²) < 4.78 is 5.11. The highest BCUT2D eigenvalue weighted by Gasteiger charge is 2.31. The maximum Gasteiger partial charge on any atom is 0.296 e. The number of carbonyl (C=O) groups is 3. The Kier molecular flexibility index (Phi) is 3.34. The van der Waals surface area contributed by atoms with Crippen LogP contribution in [0.1, 0.15) is 20.7 Å². The number of hydrogen-bond acceptors (Lipinski definition) is 4. The summed E-state index contributed by atoms with van der Waals surface area (Å²) in [5.74, 6) is -1.33. The summed E-state index contributed by atoms with van der Waals surface area (Å²) in [7, 11) is 1.44. The van der Waals surface area contributed by atoms with Gasteiger partial charge in [-0.15, -0.1) is 0 Å². The third-order valence-electron chi connectivity index (χ3n) is 3.32. The van der Waals surface area contributed by atoms with E-state index < -0.39 is 11.7 Å². The lowest BCUT2D eigenvalue weighted by Crippen LogP contribution is -2.14. The van der Waals surface area contributed by atoms with Gasteiger partial charge in [0.05, 0.1) is 24.0 Å². The maximum atomic E-state index is 12.2. The van der Waals surface area contributed by atoms with Crippen molar-refractivity contribution in [3.8, 4) is 5.75 Å². The molecule has 110 valence electrons. The summed E-state index contributed by atoms with van der Waals surface area (Å²) in [6.45, 7) is 0. The molecule has 0 bridgehead atoms. The molecule has 0 saturated carbocycles. The van der Waals surface area contributed by atoms with Gasteiger partial charge in [0.15, 0.2) is 0 Å². The number of ether oxygens (including phenoxy) is 1. The number of hydrogen-bond donors (Lipinski definition) is 2. The van der Waals surface area contributed by atoms with Gasteiger partial charge in [-0.25, -0.2) is 0 Å². The summed E-state index contributed by atoms with van der Waals surface area (Å²) >= 11 is 0. The Hall–Kier alpha value is -3.15. The minimum atomic E-state index is -0.724. The highest BCUT2D eigenvalue weighted by molar-refractivity contribution is 6.52.